The Labute approximate surface area is 78.4 Å². The van der Waals surface area contributed by atoms with Gasteiger partial charge in [0.05, 0.1) is 0 Å². The van der Waals surface area contributed by atoms with Gasteiger partial charge in [-0.3, -0.25) is 4.99 Å². The molecule has 0 saturated carbocycles. The number of nitrogens with two attached hydrogens (primary N) is 1. The first kappa shape index (κ1) is 11.7. The molecule has 0 heterocycles. The Balaban J connectivity index is 4.41. The lowest BCUT2D eigenvalue weighted by Gasteiger charge is -2.10. The minimum absolute atomic E-state index is 0.227. The highest BCUT2D eigenvalue weighted by atomic mass is 16.5. The molecule has 4 nitrogen and oxygen atoms in total. The first-order chi connectivity index (χ1) is 6.02. The summed E-state index contributed by atoms with van der Waals surface area (Å²) in [4.78, 5) is 3.71. The van der Waals surface area contributed by atoms with E-state index in [1.807, 2.05) is 0 Å². The van der Waals surface area contributed by atoms with Crippen LogP contribution < -0.4 is 5.73 Å². The van der Waals surface area contributed by atoms with Crippen LogP contribution in [0.5, 0.6) is 0 Å². The molecule has 0 rings (SSSR count). The summed E-state index contributed by atoms with van der Waals surface area (Å²) in [6, 6.07) is 0. The van der Waals surface area contributed by atoms with Crippen LogP contribution in [-0.2, 0) is 4.74 Å². The number of hydrogen-bond acceptors (Lipinski definition) is 4. The zero-order chi connectivity index (χ0) is 10.4. The van der Waals surface area contributed by atoms with E-state index in [0.717, 1.165) is 5.57 Å². The van der Waals surface area contributed by atoms with Gasteiger partial charge in [-0.05, 0) is 13.8 Å². The number of ether oxygens (including phenoxy) is 1. The zero-order valence-corrected chi connectivity index (χ0v) is 8.29. The van der Waals surface area contributed by atoms with E-state index in [-0.39, 0.29) is 12.5 Å². The van der Waals surface area contributed by atoms with Crippen molar-refractivity contribution in [2.45, 2.75) is 13.8 Å². The second kappa shape index (κ2) is 5.37. The van der Waals surface area contributed by atoms with E-state index in [0.29, 0.717) is 11.5 Å². The predicted molar refractivity (Wildman–Crippen MR) is 53.2 cm³/mol. The second-order valence-electron chi connectivity index (χ2n) is 2.61. The normalized spacial score (nSPS) is 13.7. The molecule has 0 aliphatic carbocycles. The Kier molecular flexibility index (Phi) is 4.84. The number of aliphatic imine (C=N–C) groups is 1. The topological polar surface area (TPSA) is 67.8 Å². The maximum atomic E-state index is 8.75. The van der Waals surface area contributed by atoms with Gasteiger partial charge < -0.3 is 15.6 Å². The summed E-state index contributed by atoms with van der Waals surface area (Å²) in [5.41, 5.74) is 6.93. The van der Waals surface area contributed by atoms with Gasteiger partial charge >= 0.3 is 0 Å². The third-order valence-corrected chi connectivity index (χ3v) is 1.64. The predicted octanol–water partition coefficient (Wildman–Crippen LogP) is 0.790. The van der Waals surface area contributed by atoms with Crippen molar-refractivity contribution in [3.63, 3.8) is 0 Å². The van der Waals surface area contributed by atoms with Gasteiger partial charge in [0.2, 0.25) is 5.90 Å². The molecule has 3 N–H and O–H groups in total. The number of hydrogen-bond donors (Lipinski definition) is 2. The summed E-state index contributed by atoms with van der Waals surface area (Å²) in [5.74, 6) is 0.639. The highest BCUT2D eigenvalue weighted by Gasteiger charge is 2.04. The molecule has 0 aliphatic heterocycles. The first-order valence-electron chi connectivity index (χ1n) is 3.89. The molecule has 0 aromatic rings. The van der Waals surface area contributed by atoms with E-state index < -0.39 is 0 Å². The van der Waals surface area contributed by atoms with E-state index in [9.17, 15) is 0 Å². The van der Waals surface area contributed by atoms with Crippen LogP contribution in [0, 0.1) is 0 Å². The molecule has 0 atom stereocenters. The minimum atomic E-state index is -0.244. The quantitative estimate of drug-likeness (QED) is 0.295. The van der Waals surface area contributed by atoms with Crippen molar-refractivity contribution in [2.75, 3.05) is 13.7 Å². The molecule has 0 spiro atoms. The van der Waals surface area contributed by atoms with Gasteiger partial charge in [0.1, 0.15) is 12.4 Å². The fraction of sp³-hybridized carbons (Fsp3) is 0.444. The highest BCUT2D eigenvalue weighted by molar-refractivity contribution is 5.78. The standard InChI is InChI=1S/C9H16N2O2/c1-6(7(2)10)8(3)13-9(5-12)11-4/h12H,3,5,10H2,1-2,4H3/b7-6-,11-9?. The van der Waals surface area contributed by atoms with E-state index >= 15 is 0 Å². The van der Waals surface area contributed by atoms with Gasteiger partial charge in [0.25, 0.3) is 0 Å². The number of rotatable bonds is 3. The van der Waals surface area contributed by atoms with Crippen LogP contribution in [0.3, 0.4) is 0 Å². The Morgan fingerprint density at radius 2 is 2.08 bits per heavy atom. The molecule has 0 aromatic carbocycles. The van der Waals surface area contributed by atoms with Crippen molar-refractivity contribution in [3.05, 3.63) is 23.6 Å². The first-order valence-corrected chi connectivity index (χ1v) is 3.89. The molecule has 0 radical (unpaired) electrons. The molecule has 0 amide bonds. The molecule has 0 bridgehead atoms. The number of nitrogens with zero attached hydrogens (tertiary/aromatic N) is 1. The fourth-order valence-corrected chi connectivity index (χ4v) is 0.587. The summed E-state index contributed by atoms with van der Waals surface area (Å²) in [7, 11) is 1.53. The summed E-state index contributed by atoms with van der Waals surface area (Å²) in [5, 5.41) is 8.75. The Hall–Kier alpha value is -1.29. The summed E-state index contributed by atoms with van der Waals surface area (Å²) in [6.45, 7) is 6.97. The molecule has 0 fully saturated rings. The molecular weight excluding hydrogens is 168 g/mol. The van der Waals surface area contributed by atoms with E-state index in [1.54, 1.807) is 13.8 Å². The van der Waals surface area contributed by atoms with Crippen molar-refractivity contribution in [2.24, 2.45) is 10.7 Å². The van der Waals surface area contributed by atoms with Gasteiger partial charge in [-0.15, -0.1) is 0 Å². The largest absolute Gasteiger partial charge is 0.441 e. The van der Waals surface area contributed by atoms with E-state index in [1.165, 1.54) is 7.05 Å². The van der Waals surface area contributed by atoms with Gasteiger partial charge in [-0.25, -0.2) is 0 Å². The third-order valence-electron chi connectivity index (χ3n) is 1.64. The maximum absolute atomic E-state index is 8.75. The van der Waals surface area contributed by atoms with E-state index in [4.69, 9.17) is 15.6 Å². The molecule has 4 heteroatoms. The van der Waals surface area contributed by atoms with Crippen LogP contribution in [0.2, 0.25) is 0 Å². The number of aliphatic hydroxyl groups is 1. The van der Waals surface area contributed by atoms with Crippen molar-refractivity contribution in [1.29, 1.82) is 0 Å². The van der Waals surface area contributed by atoms with Crippen LogP contribution in [0.15, 0.2) is 28.6 Å². The van der Waals surface area contributed by atoms with Crippen LogP contribution in [0.4, 0.5) is 0 Å². The van der Waals surface area contributed by atoms with Gasteiger partial charge in [0, 0.05) is 18.3 Å². The van der Waals surface area contributed by atoms with Crippen LogP contribution in [0.25, 0.3) is 0 Å². The molecular formula is C9H16N2O2. The molecule has 74 valence electrons. The van der Waals surface area contributed by atoms with Crippen LogP contribution >= 0.6 is 0 Å². The minimum Gasteiger partial charge on any atom is -0.441 e. The summed E-state index contributed by atoms with van der Waals surface area (Å²) in [6.07, 6.45) is 0. The Morgan fingerprint density at radius 1 is 1.54 bits per heavy atom. The van der Waals surface area contributed by atoms with Gasteiger partial charge in [0.15, 0.2) is 0 Å². The maximum Gasteiger partial charge on any atom is 0.215 e. The van der Waals surface area contributed by atoms with Crippen molar-refractivity contribution in [3.8, 4) is 0 Å². The van der Waals surface area contributed by atoms with Gasteiger partial charge in [-0.2, -0.15) is 0 Å². The van der Waals surface area contributed by atoms with Gasteiger partial charge in [-0.1, -0.05) is 6.58 Å². The Bertz CT molecular complexity index is 250. The zero-order valence-electron chi connectivity index (χ0n) is 8.29. The molecule has 0 unspecified atom stereocenters. The molecule has 0 aromatic heterocycles. The van der Waals surface area contributed by atoms with Crippen LogP contribution in [-0.4, -0.2) is 24.7 Å². The average Bonchev–Trinajstić information content (AvgIpc) is 2.12. The monoisotopic (exact) mass is 184 g/mol. The average molecular weight is 184 g/mol. The molecule has 0 aliphatic rings. The summed E-state index contributed by atoms with van der Waals surface area (Å²) >= 11 is 0. The lowest BCUT2D eigenvalue weighted by atomic mass is 10.2. The lowest BCUT2D eigenvalue weighted by Crippen LogP contribution is -2.11. The van der Waals surface area contributed by atoms with Crippen molar-refractivity contribution >= 4 is 5.90 Å². The van der Waals surface area contributed by atoms with E-state index in [2.05, 4.69) is 11.6 Å². The third kappa shape index (κ3) is 3.75. The van der Waals surface area contributed by atoms with Crippen LogP contribution in [0.1, 0.15) is 13.8 Å². The smallest absolute Gasteiger partial charge is 0.215 e. The Morgan fingerprint density at radius 3 is 2.38 bits per heavy atom. The highest BCUT2D eigenvalue weighted by Crippen LogP contribution is 2.10. The molecule has 0 saturated heterocycles. The number of allylic oxidation sites excluding steroid dienone is 2. The van der Waals surface area contributed by atoms with Crippen molar-refractivity contribution in [1.82, 2.24) is 0 Å². The second-order valence-corrected chi connectivity index (χ2v) is 2.61. The lowest BCUT2D eigenvalue weighted by molar-refractivity contribution is 0.306. The molecule has 13 heavy (non-hydrogen) atoms. The summed E-state index contributed by atoms with van der Waals surface area (Å²) < 4.78 is 5.14. The fourth-order valence-electron chi connectivity index (χ4n) is 0.587. The van der Waals surface area contributed by atoms with Crippen molar-refractivity contribution < 1.29 is 9.84 Å². The number of aliphatic hydroxyl groups excluding tert-OH is 1. The SMILES string of the molecule is C=C(OC(CO)=NC)/C(C)=C(/C)N.